The summed E-state index contributed by atoms with van der Waals surface area (Å²) in [7, 11) is -3.60. The Labute approximate surface area is 113 Å². The molecule has 1 rings (SSSR count). The van der Waals surface area contributed by atoms with E-state index in [1.807, 2.05) is 0 Å². The van der Waals surface area contributed by atoms with E-state index in [9.17, 15) is 8.42 Å². The summed E-state index contributed by atoms with van der Waals surface area (Å²) in [6, 6.07) is 3.32. The molecule has 6 nitrogen and oxygen atoms in total. The Morgan fingerprint density at radius 1 is 1.32 bits per heavy atom. The third kappa shape index (κ3) is 4.46. The van der Waals surface area contributed by atoms with Gasteiger partial charge in [0.15, 0.2) is 0 Å². The first-order chi connectivity index (χ1) is 8.88. The van der Waals surface area contributed by atoms with Gasteiger partial charge >= 0.3 is 0 Å². The number of hydrogen-bond acceptors (Lipinski definition) is 5. The summed E-state index contributed by atoms with van der Waals surface area (Å²) in [4.78, 5) is 0.187. The molecule has 0 saturated carbocycles. The van der Waals surface area contributed by atoms with Crippen molar-refractivity contribution in [2.45, 2.75) is 18.7 Å². The molecule has 0 bridgehead atoms. The van der Waals surface area contributed by atoms with E-state index in [1.54, 1.807) is 26.0 Å². The van der Waals surface area contributed by atoms with Crippen LogP contribution in [0.5, 0.6) is 0 Å². The van der Waals surface area contributed by atoms with Crippen LogP contribution in [0.1, 0.15) is 11.1 Å². The van der Waals surface area contributed by atoms with Crippen molar-refractivity contribution < 1.29 is 18.3 Å². The highest BCUT2D eigenvalue weighted by molar-refractivity contribution is 7.89. The minimum Gasteiger partial charge on any atom is -0.398 e. The molecule has 0 amide bonds. The van der Waals surface area contributed by atoms with Gasteiger partial charge in [-0.25, -0.2) is 13.1 Å². The molecular formula is C12H20N2O4S. The van der Waals surface area contributed by atoms with Gasteiger partial charge in [0, 0.05) is 12.2 Å². The number of aliphatic hydroxyl groups excluding tert-OH is 1. The number of benzene rings is 1. The largest absolute Gasteiger partial charge is 0.398 e. The maximum atomic E-state index is 12.1. The van der Waals surface area contributed by atoms with Gasteiger partial charge in [0.1, 0.15) is 0 Å². The minimum absolute atomic E-state index is 0.0831. The van der Waals surface area contributed by atoms with Crippen molar-refractivity contribution in [3.8, 4) is 0 Å². The molecule has 19 heavy (non-hydrogen) atoms. The second-order valence-corrected chi connectivity index (χ2v) is 5.95. The molecule has 108 valence electrons. The highest BCUT2D eigenvalue weighted by Crippen LogP contribution is 2.22. The molecule has 0 atom stereocenters. The maximum Gasteiger partial charge on any atom is 0.240 e. The SMILES string of the molecule is Cc1cc(N)c(C)c(S(=O)(=O)NCCOCCO)c1. The zero-order chi connectivity index (χ0) is 14.5. The topological polar surface area (TPSA) is 102 Å². The van der Waals surface area contributed by atoms with Crippen LogP contribution in [0, 0.1) is 13.8 Å². The Balaban J connectivity index is 2.78. The zero-order valence-electron chi connectivity index (χ0n) is 11.1. The van der Waals surface area contributed by atoms with E-state index in [0.29, 0.717) is 11.3 Å². The minimum atomic E-state index is -3.60. The first-order valence-corrected chi connectivity index (χ1v) is 7.42. The molecule has 0 radical (unpaired) electrons. The Kier molecular flexibility index (Phi) is 5.74. The summed E-state index contributed by atoms with van der Waals surface area (Å²) in [5.41, 5.74) is 7.55. The van der Waals surface area contributed by atoms with Crippen LogP contribution in [-0.4, -0.2) is 39.9 Å². The Bertz CT molecular complexity index is 529. The van der Waals surface area contributed by atoms with Gasteiger partial charge in [-0.15, -0.1) is 0 Å². The molecular weight excluding hydrogens is 268 g/mol. The summed E-state index contributed by atoms with van der Waals surface area (Å²) in [5, 5.41) is 8.52. The lowest BCUT2D eigenvalue weighted by Gasteiger charge is -2.12. The highest BCUT2D eigenvalue weighted by Gasteiger charge is 2.18. The summed E-state index contributed by atoms with van der Waals surface area (Å²) in [6.45, 7) is 3.93. The van der Waals surface area contributed by atoms with Gasteiger partial charge in [-0.3, -0.25) is 0 Å². The number of hydrogen-bond donors (Lipinski definition) is 3. The van der Waals surface area contributed by atoms with Gasteiger partial charge in [-0.05, 0) is 37.1 Å². The third-order valence-corrected chi connectivity index (χ3v) is 4.20. The number of nitrogens with one attached hydrogen (secondary N) is 1. The number of nitrogen functional groups attached to an aromatic ring is 1. The molecule has 0 aliphatic carbocycles. The van der Waals surface area contributed by atoms with E-state index < -0.39 is 10.0 Å². The zero-order valence-corrected chi connectivity index (χ0v) is 12.0. The third-order valence-electron chi connectivity index (χ3n) is 2.61. The number of anilines is 1. The fourth-order valence-corrected chi connectivity index (χ4v) is 2.99. The van der Waals surface area contributed by atoms with Gasteiger partial charge in [0.25, 0.3) is 0 Å². The number of sulfonamides is 1. The second kappa shape index (κ2) is 6.85. The van der Waals surface area contributed by atoms with Crippen molar-refractivity contribution in [3.05, 3.63) is 23.3 Å². The second-order valence-electron chi connectivity index (χ2n) is 4.21. The van der Waals surface area contributed by atoms with Gasteiger partial charge < -0.3 is 15.6 Å². The smallest absolute Gasteiger partial charge is 0.240 e. The molecule has 0 fully saturated rings. The molecule has 0 spiro atoms. The van der Waals surface area contributed by atoms with Crippen molar-refractivity contribution in [1.82, 2.24) is 4.72 Å². The maximum absolute atomic E-state index is 12.1. The van der Waals surface area contributed by atoms with E-state index in [4.69, 9.17) is 15.6 Å². The monoisotopic (exact) mass is 288 g/mol. The van der Waals surface area contributed by atoms with Gasteiger partial charge in [0.2, 0.25) is 10.0 Å². The van der Waals surface area contributed by atoms with Crippen molar-refractivity contribution in [2.75, 3.05) is 32.1 Å². The predicted molar refractivity (Wildman–Crippen MR) is 73.4 cm³/mol. The molecule has 0 heterocycles. The molecule has 0 saturated heterocycles. The molecule has 7 heteroatoms. The Morgan fingerprint density at radius 3 is 2.63 bits per heavy atom. The number of aliphatic hydroxyl groups is 1. The van der Waals surface area contributed by atoms with Crippen LogP contribution in [0.25, 0.3) is 0 Å². The van der Waals surface area contributed by atoms with E-state index in [2.05, 4.69) is 4.72 Å². The standard InChI is InChI=1S/C12H20N2O4S/c1-9-7-11(13)10(2)12(8-9)19(16,17)14-3-5-18-6-4-15/h7-8,14-15H,3-6,13H2,1-2H3. The van der Waals surface area contributed by atoms with Gasteiger partial charge in [0.05, 0.1) is 24.7 Å². The van der Waals surface area contributed by atoms with E-state index in [-0.39, 0.29) is 31.3 Å². The predicted octanol–water partition coefficient (Wildman–Crippen LogP) is 0.173. The fraction of sp³-hybridized carbons (Fsp3) is 0.500. The molecule has 0 unspecified atom stereocenters. The normalized spacial score (nSPS) is 11.7. The van der Waals surface area contributed by atoms with Crippen LogP contribution >= 0.6 is 0 Å². The molecule has 0 aliphatic heterocycles. The van der Waals surface area contributed by atoms with Crippen LogP contribution in [0.3, 0.4) is 0 Å². The van der Waals surface area contributed by atoms with Crippen LogP contribution in [-0.2, 0) is 14.8 Å². The number of rotatable bonds is 7. The highest BCUT2D eigenvalue weighted by atomic mass is 32.2. The van der Waals surface area contributed by atoms with Crippen molar-refractivity contribution in [3.63, 3.8) is 0 Å². The van der Waals surface area contributed by atoms with E-state index >= 15 is 0 Å². The van der Waals surface area contributed by atoms with Crippen LogP contribution in [0.4, 0.5) is 5.69 Å². The molecule has 0 aromatic heterocycles. The van der Waals surface area contributed by atoms with E-state index in [1.165, 1.54) is 0 Å². The van der Waals surface area contributed by atoms with Crippen molar-refractivity contribution in [2.24, 2.45) is 0 Å². The lowest BCUT2D eigenvalue weighted by molar-refractivity contribution is 0.0961. The summed E-state index contributed by atoms with van der Waals surface area (Å²) >= 11 is 0. The molecule has 0 aliphatic rings. The first kappa shape index (κ1) is 15.9. The molecule has 1 aromatic rings. The molecule has 1 aromatic carbocycles. The Hall–Kier alpha value is -1.15. The average molecular weight is 288 g/mol. The Morgan fingerprint density at radius 2 is 2.00 bits per heavy atom. The van der Waals surface area contributed by atoms with Crippen LogP contribution in [0.15, 0.2) is 17.0 Å². The lowest BCUT2D eigenvalue weighted by Crippen LogP contribution is -2.28. The first-order valence-electron chi connectivity index (χ1n) is 5.93. The van der Waals surface area contributed by atoms with Crippen molar-refractivity contribution in [1.29, 1.82) is 0 Å². The van der Waals surface area contributed by atoms with Crippen LogP contribution in [0.2, 0.25) is 0 Å². The summed E-state index contributed by atoms with van der Waals surface area (Å²) in [5.74, 6) is 0. The quantitative estimate of drug-likeness (QED) is 0.490. The van der Waals surface area contributed by atoms with Gasteiger partial charge in [-0.1, -0.05) is 0 Å². The summed E-state index contributed by atoms with van der Waals surface area (Å²) < 4.78 is 31.7. The molecule has 4 N–H and O–H groups in total. The number of ether oxygens (including phenoxy) is 1. The van der Waals surface area contributed by atoms with Gasteiger partial charge in [-0.2, -0.15) is 0 Å². The number of aryl methyl sites for hydroxylation is 1. The lowest BCUT2D eigenvalue weighted by atomic mass is 10.1. The van der Waals surface area contributed by atoms with E-state index in [0.717, 1.165) is 5.56 Å². The average Bonchev–Trinajstić information content (AvgIpc) is 2.33. The fourth-order valence-electron chi connectivity index (χ4n) is 1.62. The summed E-state index contributed by atoms with van der Waals surface area (Å²) in [6.07, 6.45) is 0. The number of nitrogens with two attached hydrogens (primary N) is 1. The van der Waals surface area contributed by atoms with Crippen molar-refractivity contribution >= 4 is 15.7 Å². The van der Waals surface area contributed by atoms with Crippen LogP contribution < -0.4 is 10.5 Å².